The van der Waals surface area contributed by atoms with Gasteiger partial charge in [-0.15, -0.1) is 0 Å². The normalized spacial score (nSPS) is 16.7. The zero-order valence-electron chi connectivity index (χ0n) is 11.1. The summed E-state index contributed by atoms with van der Waals surface area (Å²) in [6, 6.07) is 23.7. The Balaban J connectivity index is 1.81. The molecule has 4 rings (SSSR count). The van der Waals surface area contributed by atoms with E-state index in [0.29, 0.717) is 0 Å². The van der Waals surface area contributed by atoms with E-state index in [4.69, 9.17) is 0 Å². The highest BCUT2D eigenvalue weighted by molar-refractivity contribution is 5.96. The van der Waals surface area contributed by atoms with Crippen molar-refractivity contribution in [1.82, 2.24) is 0 Å². The van der Waals surface area contributed by atoms with Crippen LogP contribution in [0.2, 0.25) is 0 Å². The van der Waals surface area contributed by atoms with Crippen molar-refractivity contribution in [3.63, 3.8) is 0 Å². The molecule has 1 atom stereocenters. The summed E-state index contributed by atoms with van der Waals surface area (Å²) in [5, 5.41) is 6.21. The van der Waals surface area contributed by atoms with Crippen LogP contribution in [0.3, 0.4) is 0 Å². The van der Waals surface area contributed by atoms with Gasteiger partial charge in [0.05, 0.1) is 6.04 Å². The van der Waals surface area contributed by atoms with E-state index in [2.05, 4.69) is 84.2 Å². The van der Waals surface area contributed by atoms with E-state index < -0.39 is 0 Å². The molecular formula is C19H15N. The summed E-state index contributed by atoms with van der Waals surface area (Å²) in [7, 11) is 0. The third-order valence-electron chi connectivity index (χ3n) is 3.90. The minimum absolute atomic E-state index is 0.255. The van der Waals surface area contributed by atoms with E-state index in [9.17, 15) is 0 Å². The molecule has 3 aromatic rings. The van der Waals surface area contributed by atoms with Crippen molar-refractivity contribution in [2.75, 3.05) is 5.32 Å². The molecule has 0 aromatic heterocycles. The monoisotopic (exact) mass is 257 g/mol. The number of hydrogen-bond acceptors (Lipinski definition) is 1. The first-order valence-electron chi connectivity index (χ1n) is 6.93. The van der Waals surface area contributed by atoms with Crippen LogP contribution in [0.1, 0.15) is 17.2 Å². The fourth-order valence-electron chi connectivity index (χ4n) is 2.86. The van der Waals surface area contributed by atoms with Crippen LogP contribution in [0.25, 0.3) is 16.8 Å². The van der Waals surface area contributed by atoms with Gasteiger partial charge in [0, 0.05) is 11.3 Å². The van der Waals surface area contributed by atoms with Gasteiger partial charge >= 0.3 is 0 Å². The summed E-state index contributed by atoms with van der Waals surface area (Å²) in [5.41, 5.74) is 3.79. The summed E-state index contributed by atoms with van der Waals surface area (Å²) in [4.78, 5) is 0. The maximum Gasteiger partial charge on any atom is 0.0701 e. The molecule has 1 aliphatic rings. The molecule has 1 nitrogen and oxygen atoms in total. The number of anilines is 1. The molecule has 1 aliphatic heterocycles. The Morgan fingerprint density at radius 2 is 1.55 bits per heavy atom. The Morgan fingerprint density at radius 1 is 0.750 bits per heavy atom. The van der Waals surface area contributed by atoms with Gasteiger partial charge in [0.15, 0.2) is 0 Å². The quantitative estimate of drug-likeness (QED) is 0.645. The first kappa shape index (κ1) is 11.3. The van der Waals surface area contributed by atoms with E-state index in [1.165, 1.54) is 27.6 Å². The summed E-state index contributed by atoms with van der Waals surface area (Å²) < 4.78 is 0. The first-order chi connectivity index (χ1) is 9.92. The predicted octanol–water partition coefficient (Wildman–Crippen LogP) is 5.02. The molecule has 1 heterocycles. The van der Waals surface area contributed by atoms with Gasteiger partial charge < -0.3 is 5.32 Å². The first-order valence-corrected chi connectivity index (χ1v) is 6.93. The topological polar surface area (TPSA) is 12.0 Å². The fraction of sp³-hybridized carbons (Fsp3) is 0.0526. The van der Waals surface area contributed by atoms with Crippen molar-refractivity contribution in [2.45, 2.75) is 6.04 Å². The molecule has 0 radical (unpaired) electrons. The molecule has 3 aromatic carbocycles. The van der Waals surface area contributed by atoms with Crippen molar-refractivity contribution in [2.24, 2.45) is 0 Å². The molecule has 1 N–H and O–H groups in total. The Labute approximate surface area is 118 Å². The van der Waals surface area contributed by atoms with Crippen LogP contribution in [-0.2, 0) is 0 Å². The number of rotatable bonds is 1. The Kier molecular flexibility index (Phi) is 2.56. The number of nitrogens with one attached hydrogen (secondary N) is 1. The predicted molar refractivity (Wildman–Crippen MR) is 85.8 cm³/mol. The van der Waals surface area contributed by atoms with Crippen LogP contribution < -0.4 is 5.32 Å². The summed E-state index contributed by atoms with van der Waals surface area (Å²) in [6.45, 7) is 0. The average Bonchev–Trinajstić information content (AvgIpc) is 2.55. The van der Waals surface area contributed by atoms with Gasteiger partial charge in [0.25, 0.3) is 0 Å². The molecule has 1 unspecified atom stereocenters. The molecule has 0 aliphatic carbocycles. The summed E-state index contributed by atoms with van der Waals surface area (Å²) in [6.07, 6.45) is 4.48. The van der Waals surface area contributed by atoms with E-state index in [0.717, 1.165) is 0 Å². The molecule has 0 saturated carbocycles. The summed E-state index contributed by atoms with van der Waals surface area (Å²) >= 11 is 0. The van der Waals surface area contributed by atoms with Gasteiger partial charge in [-0.05, 0) is 22.4 Å². The molecule has 0 fully saturated rings. The summed E-state index contributed by atoms with van der Waals surface area (Å²) in [5.74, 6) is 0. The standard InChI is InChI=1S/C19H15N/c1-2-7-15(8-3-1)18-13-11-17-16-9-5-4-6-14(16)10-12-19(17)20-18/h1-13,18,20H. The highest BCUT2D eigenvalue weighted by Crippen LogP contribution is 2.34. The number of fused-ring (bicyclic) bond motifs is 3. The van der Waals surface area contributed by atoms with Crippen LogP contribution in [-0.4, -0.2) is 0 Å². The molecule has 20 heavy (non-hydrogen) atoms. The fourth-order valence-corrected chi connectivity index (χ4v) is 2.86. The maximum absolute atomic E-state index is 3.62. The van der Waals surface area contributed by atoms with Crippen LogP contribution in [0.5, 0.6) is 0 Å². The van der Waals surface area contributed by atoms with E-state index in [1.54, 1.807) is 0 Å². The second-order valence-corrected chi connectivity index (χ2v) is 5.14. The van der Waals surface area contributed by atoms with E-state index >= 15 is 0 Å². The number of benzene rings is 3. The van der Waals surface area contributed by atoms with Crippen LogP contribution in [0.15, 0.2) is 72.8 Å². The van der Waals surface area contributed by atoms with Crippen molar-refractivity contribution in [1.29, 1.82) is 0 Å². The lowest BCUT2D eigenvalue weighted by Crippen LogP contribution is -2.12. The van der Waals surface area contributed by atoms with Gasteiger partial charge in [-0.25, -0.2) is 0 Å². The van der Waals surface area contributed by atoms with Gasteiger partial charge in [0.2, 0.25) is 0 Å². The highest BCUT2D eigenvalue weighted by Gasteiger charge is 2.15. The molecular weight excluding hydrogens is 242 g/mol. The van der Waals surface area contributed by atoms with Crippen molar-refractivity contribution < 1.29 is 0 Å². The average molecular weight is 257 g/mol. The third kappa shape index (κ3) is 1.79. The minimum Gasteiger partial charge on any atom is -0.374 e. The molecule has 0 spiro atoms. The van der Waals surface area contributed by atoms with Crippen LogP contribution in [0.4, 0.5) is 5.69 Å². The van der Waals surface area contributed by atoms with Crippen molar-refractivity contribution in [3.05, 3.63) is 83.9 Å². The van der Waals surface area contributed by atoms with E-state index in [-0.39, 0.29) is 6.04 Å². The molecule has 0 amide bonds. The zero-order chi connectivity index (χ0) is 13.4. The largest absolute Gasteiger partial charge is 0.374 e. The van der Waals surface area contributed by atoms with Gasteiger partial charge in [-0.3, -0.25) is 0 Å². The van der Waals surface area contributed by atoms with Gasteiger partial charge in [-0.2, -0.15) is 0 Å². The Bertz CT molecular complexity index is 787. The lowest BCUT2D eigenvalue weighted by molar-refractivity contribution is 0.981. The Hall–Kier alpha value is -2.54. The Morgan fingerprint density at radius 3 is 2.45 bits per heavy atom. The van der Waals surface area contributed by atoms with Crippen molar-refractivity contribution >= 4 is 22.5 Å². The lowest BCUT2D eigenvalue weighted by atomic mass is 9.96. The highest BCUT2D eigenvalue weighted by atomic mass is 14.9. The second-order valence-electron chi connectivity index (χ2n) is 5.14. The van der Waals surface area contributed by atoms with Crippen molar-refractivity contribution in [3.8, 4) is 0 Å². The molecule has 0 saturated heterocycles. The third-order valence-corrected chi connectivity index (χ3v) is 3.90. The van der Waals surface area contributed by atoms with Gasteiger partial charge in [0.1, 0.15) is 0 Å². The number of hydrogen-bond donors (Lipinski definition) is 1. The van der Waals surface area contributed by atoms with E-state index in [1.807, 2.05) is 0 Å². The second kappa shape index (κ2) is 4.53. The maximum atomic E-state index is 3.62. The zero-order valence-corrected chi connectivity index (χ0v) is 11.1. The molecule has 1 heteroatoms. The SMILES string of the molecule is C1=CC(c2ccccc2)Nc2ccc3ccccc3c21. The molecule has 0 bridgehead atoms. The minimum atomic E-state index is 0.255. The van der Waals surface area contributed by atoms with Gasteiger partial charge in [-0.1, -0.05) is 72.8 Å². The smallest absolute Gasteiger partial charge is 0.0701 e. The lowest BCUT2D eigenvalue weighted by Gasteiger charge is -2.23. The van der Waals surface area contributed by atoms with Crippen LogP contribution >= 0.6 is 0 Å². The van der Waals surface area contributed by atoms with Crippen LogP contribution in [0, 0.1) is 0 Å². The molecule has 96 valence electrons.